The molecule has 0 radical (unpaired) electrons. The van der Waals surface area contributed by atoms with Gasteiger partial charge >= 0.3 is 12.1 Å². The van der Waals surface area contributed by atoms with Gasteiger partial charge in [0.15, 0.2) is 11.5 Å². The van der Waals surface area contributed by atoms with Gasteiger partial charge in [0.2, 0.25) is 0 Å². The number of anilines is 1. The predicted octanol–water partition coefficient (Wildman–Crippen LogP) is 3.76. The van der Waals surface area contributed by atoms with Gasteiger partial charge in [0.05, 0.1) is 5.69 Å². The third-order valence-electron chi connectivity index (χ3n) is 5.84. The van der Waals surface area contributed by atoms with Gasteiger partial charge in [-0.3, -0.25) is 14.5 Å². The Bertz CT molecular complexity index is 1390. The fourth-order valence-corrected chi connectivity index (χ4v) is 4.10. The summed E-state index contributed by atoms with van der Waals surface area (Å²) >= 11 is 0. The number of rotatable bonds is 4. The van der Waals surface area contributed by atoms with E-state index in [0.29, 0.717) is 16.7 Å². The van der Waals surface area contributed by atoms with E-state index < -0.39 is 29.5 Å². The number of nitrogens with two attached hydrogens (primary N) is 1. The number of hydrogen-bond donors (Lipinski definition) is 1. The minimum Gasteiger partial charge on any atom is -0.369 e. The molecule has 1 heterocycles. The van der Waals surface area contributed by atoms with Crippen molar-refractivity contribution in [2.45, 2.75) is 18.6 Å². The third kappa shape index (κ3) is 4.51. The second kappa shape index (κ2) is 9.41. The van der Waals surface area contributed by atoms with Gasteiger partial charge in [-0.1, -0.05) is 66.7 Å². The summed E-state index contributed by atoms with van der Waals surface area (Å²) in [6.45, 7) is 0.937. The topological polar surface area (TPSA) is 105 Å². The third-order valence-corrected chi connectivity index (χ3v) is 5.84. The highest BCUT2D eigenvalue weighted by atomic mass is 19.4. The highest BCUT2D eigenvalue weighted by Gasteiger charge is 2.51. The zero-order chi connectivity index (χ0) is 27.0. The molecule has 190 valence electrons. The maximum absolute atomic E-state index is 13.8. The first kappa shape index (κ1) is 25.4. The van der Waals surface area contributed by atoms with Crippen LogP contribution in [0, 0.1) is 0 Å². The number of nitrogens with zero attached hydrogens (tertiary/aromatic N) is 3. The van der Waals surface area contributed by atoms with Crippen molar-refractivity contribution in [3.63, 3.8) is 0 Å². The van der Waals surface area contributed by atoms with Crippen molar-refractivity contribution in [3.8, 4) is 11.1 Å². The Balaban J connectivity index is 2.02. The van der Waals surface area contributed by atoms with Crippen LogP contribution in [0.1, 0.15) is 18.1 Å². The van der Waals surface area contributed by atoms with E-state index >= 15 is 0 Å². The van der Waals surface area contributed by atoms with Crippen molar-refractivity contribution >= 4 is 29.4 Å². The molecule has 0 bridgehead atoms. The first-order chi connectivity index (χ1) is 17.5. The van der Waals surface area contributed by atoms with E-state index in [9.17, 15) is 27.6 Å². The van der Waals surface area contributed by atoms with Gasteiger partial charge in [-0.25, -0.2) is 9.79 Å². The molecule has 0 aromatic heterocycles. The minimum atomic E-state index is -5.34. The summed E-state index contributed by atoms with van der Waals surface area (Å²) in [6.07, 6.45) is -5.34. The molecule has 0 aliphatic carbocycles. The van der Waals surface area contributed by atoms with Crippen molar-refractivity contribution in [2.75, 3.05) is 12.1 Å². The molecule has 37 heavy (non-hydrogen) atoms. The Morgan fingerprint density at radius 2 is 1.59 bits per heavy atom. The molecule has 11 heteroatoms. The Morgan fingerprint density at radius 1 is 1.00 bits per heavy atom. The molecule has 1 aliphatic rings. The van der Waals surface area contributed by atoms with E-state index in [-0.39, 0.29) is 22.3 Å². The normalized spacial score (nSPS) is 17.4. The van der Waals surface area contributed by atoms with Gasteiger partial charge in [0.25, 0.3) is 11.8 Å². The van der Waals surface area contributed by atoms with E-state index in [1.165, 1.54) is 30.1 Å². The monoisotopic (exact) mass is 510 g/mol. The molecule has 2 N–H and O–H groups in total. The zero-order valence-electron chi connectivity index (χ0n) is 19.7. The van der Waals surface area contributed by atoms with Gasteiger partial charge in [-0.15, -0.1) is 5.06 Å². The number of benzene rings is 3. The van der Waals surface area contributed by atoms with E-state index in [2.05, 4.69) is 9.83 Å². The smallest absolute Gasteiger partial charge is 0.369 e. The lowest BCUT2D eigenvalue weighted by atomic mass is 9.78. The van der Waals surface area contributed by atoms with Gasteiger partial charge in [-0.2, -0.15) is 13.2 Å². The molecule has 0 saturated heterocycles. The molecule has 2 amide bonds. The molecule has 1 aliphatic heterocycles. The number of guanidine groups is 1. The van der Waals surface area contributed by atoms with E-state index in [4.69, 9.17) is 5.73 Å². The zero-order valence-corrected chi connectivity index (χ0v) is 19.7. The lowest BCUT2D eigenvalue weighted by molar-refractivity contribution is -0.201. The van der Waals surface area contributed by atoms with Gasteiger partial charge in [-0.05, 0) is 28.8 Å². The summed E-state index contributed by atoms with van der Waals surface area (Å²) in [4.78, 5) is 47.7. The van der Waals surface area contributed by atoms with Gasteiger partial charge in [0.1, 0.15) is 0 Å². The average Bonchev–Trinajstić information content (AvgIpc) is 3.11. The van der Waals surface area contributed by atoms with Gasteiger partial charge in [0, 0.05) is 19.5 Å². The largest absolute Gasteiger partial charge is 0.493 e. The number of amides is 2. The summed E-state index contributed by atoms with van der Waals surface area (Å²) in [5, 5.41) is 0.225. The molecule has 1 atom stereocenters. The van der Waals surface area contributed by atoms with E-state index in [1.54, 1.807) is 60.7 Å². The second-order valence-electron chi connectivity index (χ2n) is 8.20. The van der Waals surface area contributed by atoms with Crippen LogP contribution in [0.25, 0.3) is 11.1 Å². The maximum atomic E-state index is 13.8. The van der Waals surface area contributed by atoms with Crippen molar-refractivity contribution in [2.24, 2.45) is 10.7 Å². The summed E-state index contributed by atoms with van der Waals surface area (Å²) in [6, 6.07) is 21.5. The van der Waals surface area contributed by atoms with Crippen LogP contribution in [0.2, 0.25) is 0 Å². The van der Waals surface area contributed by atoms with Crippen molar-refractivity contribution < 1.29 is 32.4 Å². The van der Waals surface area contributed by atoms with Crippen LogP contribution in [0.4, 0.5) is 18.9 Å². The van der Waals surface area contributed by atoms with Crippen LogP contribution >= 0.6 is 0 Å². The number of halogens is 3. The van der Waals surface area contributed by atoms with E-state index in [1.807, 2.05) is 0 Å². The average molecular weight is 510 g/mol. The number of aliphatic imine (C=N–C) groups is 1. The molecule has 3 aromatic rings. The molecular weight excluding hydrogens is 489 g/mol. The summed E-state index contributed by atoms with van der Waals surface area (Å²) in [5.74, 6) is -4.17. The van der Waals surface area contributed by atoms with Crippen molar-refractivity contribution in [1.29, 1.82) is 0 Å². The minimum absolute atomic E-state index is 0.0785. The van der Waals surface area contributed by atoms with Crippen LogP contribution in [0.3, 0.4) is 0 Å². The SMILES string of the molecule is CC(=O)N(OC(=O)C(F)(F)F)c1ccc(-c2ccccc2)c(C2(c3ccccc3)N=C(N)N(C)C2=O)c1. The van der Waals surface area contributed by atoms with Crippen LogP contribution in [0.15, 0.2) is 83.9 Å². The standard InChI is InChI=1S/C26H21F3N4O4/c1-16(34)33(37-23(36)26(27,28)29)19-13-14-20(17-9-5-3-6-10-17)21(15-19)25(18-11-7-4-8-12-18)22(35)32(2)24(30)31-25/h3-15H,1-2H3,(H2,30,31). The summed E-state index contributed by atoms with van der Waals surface area (Å²) < 4.78 is 38.8. The number of likely N-dealkylation sites (N-methyl/N-ethyl adjacent to an activating group) is 1. The Kier molecular flexibility index (Phi) is 6.47. The van der Waals surface area contributed by atoms with Crippen LogP contribution in [0.5, 0.6) is 0 Å². The first-order valence-corrected chi connectivity index (χ1v) is 11.0. The predicted molar refractivity (Wildman–Crippen MR) is 129 cm³/mol. The quantitative estimate of drug-likeness (QED) is 0.539. The van der Waals surface area contributed by atoms with Crippen molar-refractivity contribution in [3.05, 3.63) is 90.0 Å². The van der Waals surface area contributed by atoms with Crippen LogP contribution < -0.4 is 10.8 Å². The number of hydrogen-bond acceptors (Lipinski definition) is 6. The molecule has 3 aromatic carbocycles. The Hall–Kier alpha value is -4.67. The Labute approximate surface area is 209 Å². The molecule has 4 rings (SSSR count). The lowest BCUT2D eigenvalue weighted by Gasteiger charge is -2.30. The molecule has 8 nitrogen and oxygen atoms in total. The molecular formula is C26H21F3N4O4. The Morgan fingerprint density at radius 3 is 2.11 bits per heavy atom. The van der Waals surface area contributed by atoms with E-state index in [0.717, 1.165) is 6.92 Å². The molecule has 1 unspecified atom stereocenters. The molecule has 0 saturated carbocycles. The lowest BCUT2D eigenvalue weighted by Crippen LogP contribution is -2.41. The molecule has 0 spiro atoms. The van der Waals surface area contributed by atoms with Crippen molar-refractivity contribution in [1.82, 2.24) is 4.90 Å². The number of carbonyl (C=O) groups is 3. The fraction of sp³-hybridized carbons (Fsp3) is 0.154. The number of hydroxylamine groups is 1. The number of alkyl halides is 3. The second-order valence-corrected chi connectivity index (χ2v) is 8.20. The van der Waals surface area contributed by atoms with Gasteiger partial charge < -0.3 is 10.6 Å². The summed E-state index contributed by atoms with van der Waals surface area (Å²) in [5.41, 5.74) is 5.92. The highest BCUT2D eigenvalue weighted by Crippen LogP contribution is 2.45. The fourth-order valence-electron chi connectivity index (χ4n) is 4.10. The summed E-state index contributed by atoms with van der Waals surface area (Å²) in [7, 11) is 1.45. The van der Waals surface area contributed by atoms with Crippen LogP contribution in [-0.2, 0) is 24.8 Å². The highest BCUT2D eigenvalue weighted by molar-refractivity contribution is 6.10. The number of carbonyl (C=O) groups excluding carboxylic acids is 3. The molecule has 0 fully saturated rings. The maximum Gasteiger partial charge on any atom is 0.493 e. The first-order valence-electron chi connectivity index (χ1n) is 11.0. The van der Waals surface area contributed by atoms with Crippen LogP contribution in [-0.4, -0.2) is 41.9 Å².